The highest BCUT2D eigenvalue weighted by Gasteiger charge is 2.29. The van der Waals surface area contributed by atoms with Gasteiger partial charge in [0.05, 0.1) is 17.3 Å². The van der Waals surface area contributed by atoms with Gasteiger partial charge in [-0.3, -0.25) is 0 Å². The van der Waals surface area contributed by atoms with E-state index in [0.717, 1.165) is 13.0 Å². The Hall–Kier alpha value is -1.33. The third-order valence-electron chi connectivity index (χ3n) is 2.33. The van der Waals surface area contributed by atoms with Crippen LogP contribution in [0.2, 0.25) is 5.02 Å². The van der Waals surface area contributed by atoms with Gasteiger partial charge in [0, 0.05) is 0 Å². The van der Waals surface area contributed by atoms with Crippen molar-refractivity contribution in [2.75, 3.05) is 11.9 Å². The second-order valence-corrected chi connectivity index (χ2v) is 4.42. The van der Waals surface area contributed by atoms with E-state index in [1.54, 1.807) is 6.92 Å². The SMILES string of the molecule is Cc1cc(NCC(C)(O)C(=O)O)c(Cl)cc1F. The highest BCUT2D eigenvalue weighted by atomic mass is 35.5. The summed E-state index contributed by atoms with van der Waals surface area (Å²) < 4.78 is 13.1. The number of aryl methyl sites for hydroxylation is 1. The molecule has 0 heterocycles. The molecule has 0 spiro atoms. The lowest BCUT2D eigenvalue weighted by Gasteiger charge is -2.19. The number of rotatable bonds is 4. The summed E-state index contributed by atoms with van der Waals surface area (Å²) in [5.41, 5.74) is -1.15. The van der Waals surface area contributed by atoms with Crippen molar-refractivity contribution in [2.24, 2.45) is 0 Å². The van der Waals surface area contributed by atoms with Crippen LogP contribution in [0.4, 0.5) is 10.1 Å². The van der Waals surface area contributed by atoms with E-state index in [2.05, 4.69) is 5.32 Å². The van der Waals surface area contributed by atoms with Gasteiger partial charge in [0.1, 0.15) is 5.82 Å². The highest BCUT2D eigenvalue weighted by molar-refractivity contribution is 6.33. The zero-order valence-corrected chi connectivity index (χ0v) is 10.2. The van der Waals surface area contributed by atoms with Gasteiger partial charge in [0.2, 0.25) is 0 Å². The number of carbonyl (C=O) groups is 1. The standard InChI is InChI=1S/C11H13ClFNO3/c1-6-3-9(7(12)4-8(6)13)14-5-11(2,17)10(15)16/h3-4,14,17H,5H2,1-2H3,(H,15,16). The zero-order valence-electron chi connectivity index (χ0n) is 9.42. The number of hydrogen-bond donors (Lipinski definition) is 3. The fourth-order valence-corrected chi connectivity index (χ4v) is 1.35. The second-order valence-electron chi connectivity index (χ2n) is 4.01. The van der Waals surface area contributed by atoms with E-state index in [1.807, 2.05) is 0 Å². The maximum absolute atomic E-state index is 13.1. The predicted octanol–water partition coefficient (Wildman–Crippen LogP) is 2.04. The number of carboxylic acids is 1. The summed E-state index contributed by atoms with van der Waals surface area (Å²) in [5, 5.41) is 21.0. The lowest BCUT2D eigenvalue weighted by molar-refractivity contribution is -0.155. The molecule has 0 aromatic heterocycles. The first-order chi connectivity index (χ1) is 7.74. The van der Waals surface area contributed by atoms with Gasteiger partial charge < -0.3 is 15.5 Å². The van der Waals surface area contributed by atoms with Crippen molar-refractivity contribution in [3.8, 4) is 0 Å². The molecule has 4 nitrogen and oxygen atoms in total. The molecule has 1 aromatic rings. The van der Waals surface area contributed by atoms with Crippen molar-refractivity contribution < 1.29 is 19.4 Å². The molecule has 0 aliphatic rings. The maximum atomic E-state index is 13.1. The van der Waals surface area contributed by atoms with E-state index < -0.39 is 17.4 Å². The number of hydrogen-bond acceptors (Lipinski definition) is 3. The molecule has 0 saturated carbocycles. The molecule has 0 aliphatic heterocycles. The average molecular weight is 262 g/mol. The van der Waals surface area contributed by atoms with Crippen LogP contribution in [0.5, 0.6) is 0 Å². The molecule has 0 amide bonds. The van der Waals surface area contributed by atoms with Crippen molar-refractivity contribution in [3.05, 3.63) is 28.5 Å². The van der Waals surface area contributed by atoms with Gasteiger partial charge in [-0.25, -0.2) is 9.18 Å². The van der Waals surface area contributed by atoms with Crippen LogP contribution >= 0.6 is 11.6 Å². The van der Waals surface area contributed by atoms with Crippen LogP contribution in [0, 0.1) is 12.7 Å². The number of nitrogens with one attached hydrogen (secondary N) is 1. The molecule has 17 heavy (non-hydrogen) atoms. The van der Waals surface area contributed by atoms with Crippen molar-refractivity contribution in [1.82, 2.24) is 0 Å². The Morgan fingerprint density at radius 3 is 2.71 bits per heavy atom. The zero-order chi connectivity index (χ0) is 13.2. The van der Waals surface area contributed by atoms with Crippen LogP contribution in [-0.2, 0) is 4.79 Å². The molecular formula is C11H13ClFNO3. The van der Waals surface area contributed by atoms with E-state index in [0.29, 0.717) is 11.3 Å². The average Bonchev–Trinajstić information content (AvgIpc) is 2.21. The fraction of sp³-hybridized carbons (Fsp3) is 0.364. The van der Waals surface area contributed by atoms with Crippen molar-refractivity contribution in [3.63, 3.8) is 0 Å². The lowest BCUT2D eigenvalue weighted by atomic mass is 10.1. The summed E-state index contributed by atoms with van der Waals surface area (Å²) in [7, 11) is 0. The van der Waals surface area contributed by atoms with Gasteiger partial charge in [0.25, 0.3) is 0 Å². The molecule has 94 valence electrons. The van der Waals surface area contributed by atoms with E-state index in [-0.39, 0.29) is 11.6 Å². The number of anilines is 1. The second kappa shape index (κ2) is 4.89. The molecule has 0 saturated heterocycles. The molecule has 0 radical (unpaired) electrons. The minimum absolute atomic E-state index is 0.134. The molecule has 1 unspecified atom stereocenters. The van der Waals surface area contributed by atoms with Crippen LogP contribution in [0.1, 0.15) is 12.5 Å². The predicted molar refractivity (Wildman–Crippen MR) is 62.9 cm³/mol. The number of aliphatic carboxylic acids is 1. The Kier molecular flexibility index (Phi) is 3.95. The van der Waals surface area contributed by atoms with E-state index in [9.17, 15) is 14.3 Å². The van der Waals surface area contributed by atoms with Crippen molar-refractivity contribution >= 4 is 23.3 Å². The number of carboxylic acid groups (broad SMARTS) is 1. The normalized spacial score (nSPS) is 14.2. The molecule has 6 heteroatoms. The maximum Gasteiger partial charge on any atom is 0.337 e. The first-order valence-corrected chi connectivity index (χ1v) is 5.27. The third-order valence-corrected chi connectivity index (χ3v) is 2.64. The first-order valence-electron chi connectivity index (χ1n) is 4.89. The van der Waals surface area contributed by atoms with Gasteiger partial charge in [-0.15, -0.1) is 0 Å². The largest absolute Gasteiger partial charge is 0.479 e. The minimum atomic E-state index is -1.91. The minimum Gasteiger partial charge on any atom is -0.479 e. The molecule has 0 bridgehead atoms. The number of benzene rings is 1. The Morgan fingerprint density at radius 2 is 2.18 bits per heavy atom. The monoisotopic (exact) mass is 261 g/mol. The lowest BCUT2D eigenvalue weighted by Crippen LogP contribution is -2.41. The Balaban J connectivity index is 2.83. The topological polar surface area (TPSA) is 69.6 Å². The summed E-state index contributed by atoms with van der Waals surface area (Å²) in [6.45, 7) is 2.49. The van der Waals surface area contributed by atoms with Crippen molar-refractivity contribution in [1.29, 1.82) is 0 Å². The van der Waals surface area contributed by atoms with Crippen molar-refractivity contribution in [2.45, 2.75) is 19.4 Å². The molecule has 0 aliphatic carbocycles. The summed E-state index contributed by atoms with van der Waals surface area (Å²) in [6.07, 6.45) is 0. The Bertz CT molecular complexity index is 449. The first kappa shape index (κ1) is 13.7. The molecule has 1 atom stereocenters. The van der Waals surface area contributed by atoms with E-state index in [4.69, 9.17) is 16.7 Å². The smallest absolute Gasteiger partial charge is 0.337 e. The molecular weight excluding hydrogens is 249 g/mol. The molecule has 3 N–H and O–H groups in total. The van der Waals surface area contributed by atoms with Gasteiger partial charge in [-0.1, -0.05) is 11.6 Å². The quantitative estimate of drug-likeness (QED) is 0.776. The highest BCUT2D eigenvalue weighted by Crippen LogP contribution is 2.25. The van der Waals surface area contributed by atoms with Gasteiger partial charge in [0.15, 0.2) is 5.60 Å². The van der Waals surface area contributed by atoms with E-state index in [1.165, 1.54) is 6.07 Å². The van der Waals surface area contributed by atoms with Gasteiger partial charge in [-0.2, -0.15) is 0 Å². The van der Waals surface area contributed by atoms with Crippen LogP contribution in [0.3, 0.4) is 0 Å². The van der Waals surface area contributed by atoms with Gasteiger partial charge >= 0.3 is 5.97 Å². The Morgan fingerprint density at radius 1 is 1.59 bits per heavy atom. The van der Waals surface area contributed by atoms with Crippen LogP contribution in [-0.4, -0.2) is 28.3 Å². The van der Waals surface area contributed by atoms with E-state index >= 15 is 0 Å². The molecule has 1 rings (SSSR count). The third kappa shape index (κ3) is 3.31. The fourth-order valence-electron chi connectivity index (χ4n) is 1.14. The van der Waals surface area contributed by atoms with Crippen LogP contribution < -0.4 is 5.32 Å². The van der Waals surface area contributed by atoms with Gasteiger partial charge in [-0.05, 0) is 31.5 Å². The molecule has 0 fully saturated rings. The summed E-state index contributed by atoms with van der Waals surface area (Å²) >= 11 is 5.78. The van der Waals surface area contributed by atoms with Crippen LogP contribution in [0.15, 0.2) is 12.1 Å². The summed E-state index contributed by atoms with van der Waals surface area (Å²) in [4.78, 5) is 10.7. The molecule has 1 aromatic carbocycles. The summed E-state index contributed by atoms with van der Waals surface area (Å²) in [5.74, 6) is -1.79. The number of halogens is 2. The number of aliphatic hydroxyl groups is 1. The Labute approximate surface area is 103 Å². The summed E-state index contributed by atoms with van der Waals surface area (Å²) in [6, 6.07) is 2.59. The van der Waals surface area contributed by atoms with Crippen LogP contribution in [0.25, 0.3) is 0 Å².